The summed E-state index contributed by atoms with van der Waals surface area (Å²) in [4.78, 5) is 0. The summed E-state index contributed by atoms with van der Waals surface area (Å²) in [5.74, 6) is 0. The van der Waals surface area contributed by atoms with Gasteiger partial charge in [0, 0.05) is 23.1 Å². The molecule has 0 fully saturated rings. The van der Waals surface area contributed by atoms with Crippen molar-refractivity contribution in [2.75, 3.05) is 0 Å². The van der Waals surface area contributed by atoms with Crippen molar-refractivity contribution in [2.24, 2.45) is 0 Å². The van der Waals surface area contributed by atoms with Gasteiger partial charge in [-0.3, -0.25) is 0 Å². The number of nitrogens with zero attached hydrogens (tertiary/aromatic N) is 1. The molecule has 13 heavy (non-hydrogen) atoms. The van der Waals surface area contributed by atoms with E-state index in [0.717, 1.165) is 10.7 Å². The molecule has 0 bridgehead atoms. The van der Waals surface area contributed by atoms with Crippen LogP contribution in [0.25, 0.3) is 5.69 Å². The second kappa shape index (κ2) is 3.27. The first kappa shape index (κ1) is 8.39. The van der Waals surface area contributed by atoms with Crippen molar-refractivity contribution in [1.29, 1.82) is 0 Å². The van der Waals surface area contributed by atoms with Gasteiger partial charge in [0.05, 0.1) is 0 Å². The second-order valence-corrected chi connectivity index (χ2v) is 3.51. The molecule has 0 spiro atoms. The molecule has 0 unspecified atom stereocenters. The summed E-state index contributed by atoms with van der Waals surface area (Å²) < 4.78 is 2.08. The van der Waals surface area contributed by atoms with Gasteiger partial charge in [-0.25, -0.2) is 0 Å². The van der Waals surface area contributed by atoms with Gasteiger partial charge in [-0.05, 0) is 42.8 Å². The molecule has 2 heteroatoms. The van der Waals surface area contributed by atoms with Crippen molar-refractivity contribution in [3.05, 3.63) is 53.3 Å². The number of rotatable bonds is 1. The fraction of sp³-hybridized carbons (Fsp3) is 0.0909. The highest BCUT2D eigenvalue weighted by Crippen LogP contribution is 2.14. The van der Waals surface area contributed by atoms with Gasteiger partial charge in [-0.15, -0.1) is 0 Å². The molecule has 0 saturated carbocycles. The van der Waals surface area contributed by atoms with Gasteiger partial charge in [-0.2, -0.15) is 0 Å². The monoisotopic (exact) mass is 191 g/mol. The lowest BCUT2D eigenvalue weighted by Gasteiger charge is -2.01. The number of halogens is 1. The van der Waals surface area contributed by atoms with Crippen LogP contribution in [-0.2, 0) is 0 Å². The fourth-order valence-corrected chi connectivity index (χ4v) is 1.40. The quantitative estimate of drug-likeness (QED) is 0.651. The molecule has 0 aliphatic heterocycles. The van der Waals surface area contributed by atoms with Crippen LogP contribution >= 0.6 is 11.6 Å². The summed E-state index contributed by atoms with van der Waals surface area (Å²) in [6, 6.07) is 9.87. The van der Waals surface area contributed by atoms with E-state index in [1.165, 1.54) is 5.56 Å². The fourth-order valence-electron chi connectivity index (χ4n) is 1.28. The minimum absolute atomic E-state index is 0.771. The molecular weight excluding hydrogens is 182 g/mol. The van der Waals surface area contributed by atoms with Crippen LogP contribution in [0, 0.1) is 6.92 Å². The van der Waals surface area contributed by atoms with Crippen LogP contribution < -0.4 is 0 Å². The van der Waals surface area contributed by atoms with E-state index < -0.39 is 0 Å². The van der Waals surface area contributed by atoms with Crippen molar-refractivity contribution in [3.8, 4) is 5.69 Å². The van der Waals surface area contributed by atoms with Crippen LogP contribution in [0.1, 0.15) is 5.56 Å². The predicted octanol–water partition coefficient (Wildman–Crippen LogP) is 3.44. The SMILES string of the molecule is Cc1ccn(-c2ccc(Cl)cc2)c1. The lowest BCUT2D eigenvalue weighted by Crippen LogP contribution is -1.87. The molecule has 0 aliphatic rings. The summed E-state index contributed by atoms with van der Waals surface area (Å²) in [6.07, 6.45) is 4.13. The van der Waals surface area contributed by atoms with E-state index in [1.807, 2.05) is 30.5 Å². The molecule has 1 aromatic heterocycles. The molecule has 1 aromatic carbocycles. The van der Waals surface area contributed by atoms with Gasteiger partial charge in [0.15, 0.2) is 0 Å². The molecule has 1 heterocycles. The Morgan fingerprint density at radius 3 is 2.31 bits per heavy atom. The number of hydrogen-bond donors (Lipinski definition) is 0. The Morgan fingerprint density at radius 2 is 1.77 bits per heavy atom. The smallest absolute Gasteiger partial charge is 0.0450 e. The standard InChI is InChI=1S/C11H10ClN/c1-9-6-7-13(8-9)11-4-2-10(12)3-5-11/h2-8H,1H3. The topological polar surface area (TPSA) is 4.93 Å². The van der Waals surface area contributed by atoms with Crippen molar-refractivity contribution in [2.45, 2.75) is 6.92 Å². The summed E-state index contributed by atoms with van der Waals surface area (Å²) >= 11 is 5.80. The van der Waals surface area contributed by atoms with Crippen LogP contribution in [0.3, 0.4) is 0 Å². The first-order valence-electron chi connectivity index (χ1n) is 4.16. The van der Waals surface area contributed by atoms with Crippen molar-refractivity contribution < 1.29 is 0 Å². The molecule has 2 rings (SSSR count). The summed E-state index contributed by atoms with van der Waals surface area (Å²) in [7, 11) is 0. The van der Waals surface area contributed by atoms with E-state index in [-0.39, 0.29) is 0 Å². The molecule has 0 radical (unpaired) electrons. The molecule has 0 amide bonds. The first-order valence-corrected chi connectivity index (χ1v) is 4.54. The van der Waals surface area contributed by atoms with Gasteiger partial charge in [0.2, 0.25) is 0 Å². The Labute approximate surface area is 82.6 Å². The summed E-state index contributed by atoms with van der Waals surface area (Å²) in [5.41, 5.74) is 2.40. The molecular formula is C11H10ClN. The zero-order valence-corrected chi connectivity index (χ0v) is 8.12. The number of aryl methyl sites for hydroxylation is 1. The molecule has 0 saturated heterocycles. The Balaban J connectivity index is 2.41. The maximum Gasteiger partial charge on any atom is 0.0450 e. The Bertz CT molecular complexity index is 400. The maximum absolute atomic E-state index is 5.80. The predicted molar refractivity (Wildman–Crippen MR) is 55.5 cm³/mol. The minimum atomic E-state index is 0.771. The van der Waals surface area contributed by atoms with Crippen LogP contribution in [-0.4, -0.2) is 4.57 Å². The van der Waals surface area contributed by atoms with Crippen LogP contribution in [0.5, 0.6) is 0 Å². The average molecular weight is 192 g/mol. The second-order valence-electron chi connectivity index (χ2n) is 3.07. The number of benzene rings is 1. The summed E-state index contributed by atoms with van der Waals surface area (Å²) in [5, 5.41) is 0.771. The van der Waals surface area contributed by atoms with Gasteiger partial charge >= 0.3 is 0 Å². The molecule has 1 nitrogen and oxygen atoms in total. The zero-order chi connectivity index (χ0) is 9.26. The van der Waals surface area contributed by atoms with Crippen molar-refractivity contribution >= 4 is 11.6 Å². The Morgan fingerprint density at radius 1 is 1.08 bits per heavy atom. The van der Waals surface area contributed by atoms with E-state index in [9.17, 15) is 0 Å². The Hall–Kier alpha value is -1.21. The third-order valence-corrected chi connectivity index (χ3v) is 2.22. The highest BCUT2D eigenvalue weighted by atomic mass is 35.5. The molecule has 66 valence electrons. The largest absolute Gasteiger partial charge is 0.324 e. The van der Waals surface area contributed by atoms with Crippen molar-refractivity contribution in [3.63, 3.8) is 0 Å². The Kier molecular flexibility index (Phi) is 2.11. The molecule has 0 aliphatic carbocycles. The minimum Gasteiger partial charge on any atom is -0.324 e. The molecule has 0 atom stereocenters. The molecule has 2 aromatic rings. The number of hydrogen-bond acceptors (Lipinski definition) is 0. The number of aromatic nitrogens is 1. The maximum atomic E-state index is 5.80. The average Bonchev–Trinajstić information content (AvgIpc) is 2.53. The van der Waals surface area contributed by atoms with E-state index in [0.29, 0.717) is 0 Å². The zero-order valence-electron chi connectivity index (χ0n) is 7.37. The van der Waals surface area contributed by atoms with Gasteiger partial charge in [-0.1, -0.05) is 11.6 Å². The highest BCUT2D eigenvalue weighted by Gasteiger charge is 1.95. The molecule has 0 N–H and O–H groups in total. The van der Waals surface area contributed by atoms with E-state index >= 15 is 0 Å². The highest BCUT2D eigenvalue weighted by molar-refractivity contribution is 6.30. The van der Waals surface area contributed by atoms with E-state index in [2.05, 4.69) is 23.8 Å². The normalized spacial score (nSPS) is 10.3. The van der Waals surface area contributed by atoms with Gasteiger partial charge < -0.3 is 4.57 Å². The van der Waals surface area contributed by atoms with E-state index in [4.69, 9.17) is 11.6 Å². The van der Waals surface area contributed by atoms with Crippen LogP contribution in [0.2, 0.25) is 5.02 Å². The first-order chi connectivity index (χ1) is 6.25. The van der Waals surface area contributed by atoms with Gasteiger partial charge in [0.25, 0.3) is 0 Å². The third-order valence-electron chi connectivity index (χ3n) is 1.97. The van der Waals surface area contributed by atoms with Crippen molar-refractivity contribution in [1.82, 2.24) is 4.57 Å². The van der Waals surface area contributed by atoms with E-state index in [1.54, 1.807) is 0 Å². The lowest BCUT2D eigenvalue weighted by molar-refractivity contribution is 1.08. The van der Waals surface area contributed by atoms with Gasteiger partial charge in [0.1, 0.15) is 0 Å². The van der Waals surface area contributed by atoms with Crippen LogP contribution in [0.15, 0.2) is 42.7 Å². The third kappa shape index (κ3) is 1.76. The van der Waals surface area contributed by atoms with Crippen LogP contribution in [0.4, 0.5) is 0 Å². The summed E-state index contributed by atoms with van der Waals surface area (Å²) in [6.45, 7) is 2.08. The lowest BCUT2D eigenvalue weighted by atomic mass is 10.3.